The van der Waals surface area contributed by atoms with Crippen LogP contribution < -0.4 is 5.32 Å². The fraction of sp³-hybridized carbons (Fsp3) is 0.467. The normalized spacial score (nSPS) is 21.5. The molecular weight excluding hydrogens is 236 g/mol. The van der Waals surface area contributed by atoms with E-state index in [0.717, 1.165) is 11.5 Å². The van der Waals surface area contributed by atoms with Crippen LogP contribution in [-0.2, 0) is 0 Å². The Hall–Kier alpha value is -1.84. The highest BCUT2D eigenvalue weighted by Crippen LogP contribution is 2.38. The minimum absolute atomic E-state index is 0.474. The second-order valence-corrected chi connectivity index (χ2v) is 6.12. The molecule has 19 heavy (non-hydrogen) atoms. The average Bonchev–Trinajstić information content (AvgIpc) is 3.00. The van der Waals surface area contributed by atoms with Gasteiger partial charge in [-0.1, -0.05) is 13.8 Å². The van der Waals surface area contributed by atoms with Gasteiger partial charge in [0.2, 0.25) is 0 Å². The molecule has 0 aromatic carbocycles. The zero-order valence-electron chi connectivity index (χ0n) is 11.5. The molecule has 100 valence electrons. The van der Waals surface area contributed by atoms with Crippen molar-refractivity contribution in [3.05, 3.63) is 37.1 Å². The molecule has 0 bridgehead atoms. The molecule has 0 amide bonds. The van der Waals surface area contributed by atoms with Gasteiger partial charge in [-0.05, 0) is 36.8 Å². The topological polar surface area (TPSA) is 42.7 Å². The van der Waals surface area contributed by atoms with Gasteiger partial charge in [0, 0.05) is 18.4 Å². The van der Waals surface area contributed by atoms with E-state index < -0.39 is 0 Å². The quantitative estimate of drug-likeness (QED) is 0.916. The Morgan fingerprint density at radius 2 is 2.26 bits per heavy atom. The van der Waals surface area contributed by atoms with Crippen LogP contribution >= 0.6 is 0 Å². The summed E-state index contributed by atoms with van der Waals surface area (Å²) in [6.07, 6.45) is 11.1. The van der Waals surface area contributed by atoms with E-state index in [9.17, 15) is 0 Å². The molecule has 4 heteroatoms. The van der Waals surface area contributed by atoms with Crippen LogP contribution in [0.3, 0.4) is 0 Å². The van der Waals surface area contributed by atoms with E-state index in [4.69, 9.17) is 0 Å². The maximum Gasteiger partial charge on any atom is 0.137 e. The Bertz CT molecular complexity index is 528. The van der Waals surface area contributed by atoms with Crippen LogP contribution in [0.2, 0.25) is 0 Å². The molecule has 1 saturated carbocycles. The third-order valence-corrected chi connectivity index (χ3v) is 3.86. The van der Waals surface area contributed by atoms with E-state index >= 15 is 0 Å². The summed E-state index contributed by atoms with van der Waals surface area (Å²) in [6, 6.07) is 4.69. The van der Waals surface area contributed by atoms with Gasteiger partial charge in [0.15, 0.2) is 0 Å². The maximum atomic E-state index is 4.46. The average molecular weight is 256 g/mol. The zero-order chi connectivity index (χ0) is 13.3. The molecule has 1 N–H and O–H groups in total. The third kappa shape index (κ3) is 2.78. The van der Waals surface area contributed by atoms with Gasteiger partial charge >= 0.3 is 0 Å². The van der Waals surface area contributed by atoms with Crippen molar-refractivity contribution in [1.82, 2.24) is 14.5 Å². The molecule has 0 radical (unpaired) electrons. The summed E-state index contributed by atoms with van der Waals surface area (Å²) in [5, 5.41) is 3.58. The summed E-state index contributed by atoms with van der Waals surface area (Å²) in [6.45, 7) is 4.68. The van der Waals surface area contributed by atoms with E-state index in [0.29, 0.717) is 11.5 Å². The summed E-state index contributed by atoms with van der Waals surface area (Å²) in [7, 11) is 0. The molecule has 1 atom stereocenters. The van der Waals surface area contributed by atoms with Crippen molar-refractivity contribution in [2.45, 2.75) is 39.2 Å². The van der Waals surface area contributed by atoms with Gasteiger partial charge < -0.3 is 5.32 Å². The Kier molecular flexibility index (Phi) is 3.01. The molecule has 3 rings (SSSR count). The van der Waals surface area contributed by atoms with Gasteiger partial charge in [0.1, 0.15) is 12.1 Å². The number of hydrogen-bond donors (Lipinski definition) is 1. The summed E-state index contributed by atoms with van der Waals surface area (Å²) >= 11 is 0. The highest BCUT2D eigenvalue weighted by Gasteiger charge is 2.30. The molecule has 0 saturated heterocycles. The molecule has 2 aromatic rings. The molecule has 1 aliphatic carbocycles. The lowest BCUT2D eigenvalue weighted by Crippen LogP contribution is -2.17. The van der Waals surface area contributed by atoms with Crippen molar-refractivity contribution >= 4 is 5.69 Å². The van der Waals surface area contributed by atoms with E-state index in [2.05, 4.69) is 35.2 Å². The summed E-state index contributed by atoms with van der Waals surface area (Å²) in [5.74, 6) is 0.898. The minimum atomic E-state index is 0.474. The van der Waals surface area contributed by atoms with Crippen molar-refractivity contribution < 1.29 is 0 Å². The van der Waals surface area contributed by atoms with Crippen LogP contribution in [0, 0.1) is 5.41 Å². The zero-order valence-corrected chi connectivity index (χ0v) is 11.5. The first-order valence-electron chi connectivity index (χ1n) is 6.83. The number of imidazole rings is 1. The standard InChI is InChI=1S/C15H20N4/c1-15(2)6-5-12(9-15)18-13-3-4-14(17-10-13)19-8-7-16-11-19/h3-4,7-8,10-12,18H,5-6,9H2,1-2H3. The van der Waals surface area contributed by atoms with Gasteiger partial charge in [0.25, 0.3) is 0 Å². The number of anilines is 1. The first-order valence-corrected chi connectivity index (χ1v) is 6.83. The van der Waals surface area contributed by atoms with Gasteiger partial charge in [-0.3, -0.25) is 4.57 Å². The minimum Gasteiger partial charge on any atom is -0.381 e. The number of nitrogens with one attached hydrogen (secondary N) is 1. The van der Waals surface area contributed by atoms with Crippen molar-refractivity contribution in [2.24, 2.45) is 5.41 Å². The van der Waals surface area contributed by atoms with Gasteiger partial charge in [0.05, 0.1) is 11.9 Å². The number of pyridine rings is 1. The van der Waals surface area contributed by atoms with Gasteiger partial charge in [-0.15, -0.1) is 0 Å². The van der Waals surface area contributed by atoms with E-state index in [1.54, 1.807) is 12.5 Å². The van der Waals surface area contributed by atoms with Gasteiger partial charge in [-0.25, -0.2) is 9.97 Å². The summed E-state index contributed by atoms with van der Waals surface area (Å²) in [4.78, 5) is 8.49. The lowest BCUT2D eigenvalue weighted by molar-refractivity contribution is 0.378. The van der Waals surface area contributed by atoms with Crippen molar-refractivity contribution in [2.75, 3.05) is 5.32 Å². The van der Waals surface area contributed by atoms with Gasteiger partial charge in [-0.2, -0.15) is 0 Å². The van der Waals surface area contributed by atoms with Crippen LogP contribution in [-0.4, -0.2) is 20.6 Å². The summed E-state index contributed by atoms with van der Waals surface area (Å²) < 4.78 is 1.91. The van der Waals surface area contributed by atoms with E-state index in [1.165, 1.54) is 19.3 Å². The van der Waals surface area contributed by atoms with Crippen LogP contribution in [0.5, 0.6) is 0 Å². The monoisotopic (exact) mass is 256 g/mol. The largest absolute Gasteiger partial charge is 0.381 e. The number of hydrogen-bond acceptors (Lipinski definition) is 3. The highest BCUT2D eigenvalue weighted by atomic mass is 15.1. The SMILES string of the molecule is CC1(C)CCC(Nc2ccc(-n3ccnc3)nc2)C1. The predicted octanol–water partition coefficient (Wildman–Crippen LogP) is 3.26. The maximum absolute atomic E-state index is 4.46. The molecule has 1 unspecified atom stereocenters. The lowest BCUT2D eigenvalue weighted by atomic mass is 9.92. The Labute approximate surface area is 113 Å². The second kappa shape index (κ2) is 4.68. The van der Waals surface area contributed by atoms with Crippen LogP contribution in [0.15, 0.2) is 37.1 Å². The van der Waals surface area contributed by atoms with Crippen molar-refractivity contribution in [3.8, 4) is 5.82 Å². The van der Waals surface area contributed by atoms with E-state index in [1.807, 2.05) is 23.0 Å². The number of rotatable bonds is 3. The lowest BCUT2D eigenvalue weighted by Gasteiger charge is -2.18. The molecule has 4 nitrogen and oxygen atoms in total. The molecule has 2 heterocycles. The predicted molar refractivity (Wildman–Crippen MR) is 76.4 cm³/mol. The highest BCUT2D eigenvalue weighted by molar-refractivity contribution is 5.44. The molecular formula is C15H20N4. The van der Waals surface area contributed by atoms with Crippen molar-refractivity contribution in [3.63, 3.8) is 0 Å². The summed E-state index contributed by atoms with van der Waals surface area (Å²) in [5.41, 5.74) is 1.58. The Morgan fingerprint density at radius 3 is 2.84 bits per heavy atom. The Balaban J connectivity index is 1.67. The smallest absolute Gasteiger partial charge is 0.137 e. The fourth-order valence-electron chi connectivity index (χ4n) is 2.81. The Morgan fingerprint density at radius 1 is 1.37 bits per heavy atom. The first kappa shape index (κ1) is 12.2. The number of nitrogens with zero attached hydrogens (tertiary/aromatic N) is 3. The second-order valence-electron chi connectivity index (χ2n) is 6.12. The molecule has 1 aliphatic rings. The van der Waals surface area contributed by atoms with Crippen molar-refractivity contribution in [1.29, 1.82) is 0 Å². The third-order valence-electron chi connectivity index (χ3n) is 3.86. The first-order chi connectivity index (χ1) is 9.12. The van der Waals surface area contributed by atoms with Crippen LogP contribution in [0.25, 0.3) is 5.82 Å². The van der Waals surface area contributed by atoms with E-state index in [-0.39, 0.29) is 0 Å². The molecule has 2 aromatic heterocycles. The molecule has 0 aliphatic heterocycles. The molecule has 1 fully saturated rings. The number of aromatic nitrogens is 3. The fourth-order valence-corrected chi connectivity index (χ4v) is 2.81. The van der Waals surface area contributed by atoms with Crippen LogP contribution in [0.1, 0.15) is 33.1 Å². The molecule has 0 spiro atoms. The van der Waals surface area contributed by atoms with Crippen LogP contribution in [0.4, 0.5) is 5.69 Å².